The maximum atomic E-state index is 12.5. The Bertz CT molecular complexity index is 969. The molecule has 0 radical (unpaired) electrons. The topological polar surface area (TPSA) is 63.9 Å². The van der Waals surface area contributed by atoms with Crippen LogP contribution in [0.25, 0.3) is 5.69 Å². The Balaban J connectivity index is 1.58. The molecule has 6 heteroatoms. The molecule has 2 aromatic carbocycles. The summed E-state index contributed by atoms with van der Waals surface area (Å²) >= 11 is 0. The zero-order chi connectivity index (χ0) is 21.3. The SMILES string of the molecule is CCN(CCOc1ccc(-n2ccc(OCc3ccccc3)cc2=O)cc1)C(C)O. The highest BCUT2D eigenvalue weighted by molar-refractivity contribution is 5.38. The van der Waals surface area contributed by atoms with Gasteiger partial charge in [0.2, 0.25) is 0 Å². The Morgan fingerprint density at radius 3 is 2.37 bits per heavy atom. The molecule has 158 valence electrons. The average Bonchev–Trinajstić information content (AvgIpc) is 2.76. The third-order valence-corrected chi connectivity index (χ3v) is 4.84. The molecule has 1 heterocycles. The minimum Gasteiger partial charge on any atom is -0.492 e. The third kappa shape index (κ3) is 5.95. The van der Waals surface area contributed by atoms with Crippen molar-refractivity contribution in [2.75, 3.05) is 19.7 Å². The van der Waals surface area contributed by atoms with Gasteiger partial charge in [0.25, 0.3) is 5.56 Å². The quantitative estimate of drug-likeness (QED) is 0.521. The standard InChI is InChI=1S/C24H28N2O4/c1-3-25(19(2)27)15-16-29-22-11-9-21(10-12-22)26-14-13-23(17-24(26)28)30-18-20-7-5-4-6-8-20/h4-14,17,19,27H,3,15-16,18H2,1-2H3. The minimum atomic E-state index is -0.493. The highest BCUT2D eigenvalue weighted by Crippen LogP contribution is 2.16. The molecule has 0 spiro atoms. The lowest BCUT2D eigenvalue weighted by molar-refractivity contribution is 0.0145. The summed E-state index contributed by atoms with van der Waals surface area (Å²) < 4.78 is 13.0. The number of rotatable bonds is 10. The van der Waals surface area contributed by atoms with E-state index in [2.05, 4.69) is 0 Å². The molecule has 0 aliphatic rings. The lowest BCUT2D eigenvalue weighted by atomic mass is 10.2. The second kappa shape index (κ2) is 10.6. The summed E-state index contributed by atoms with van der Waals surface area (Å²) in [7, 11) is 0. The summed E-state index contributed by atoms with van der Waals surface area (Å²) in [4.78, 5) is 14.4. The number of benzene rings is 2. The van der Waals surface area contributed by atoms with Gasteiger partial charge in [0.15, 0.2) is 0 Å². The summed E-state index contributed by atoms with van der Waals surface area (Å²) in [6, 6.07) is 20.4. The van der Waals surface area contributed by atoms with Gasteiger partial charge < -0.3 is 14.6 Å². The molecule has 3 aromatic rings. The molecule has 1 unspecified atom stereocenters. The number of aliphatic hydroxyl groups excluding tert-OH is 1. The number of aromatic nitrogens is 1. The van der Waals surface area contributed by atoms with Gasteiger partial charge in [0.05, 0.1) is 0 Å². The number of nitrogens with zero attached hydrogens (tertiary/aromatic N) is 2. The summed E-state index contributed by atoms with van der Waals surface area (Å²) in [6.45, 7) is 6.03. The summed E-state index contributed by atoms with van der Waals surface area (Å²) in [5, 5.41) is 9.64. The highest BCUT2D eigenvalue weighted by Gasteiger charge is 2.08. The van der Waals surface area contributed by atoms with Gasteiger partial charge in [-0.25, -0.2) is 0 Å². The van der Waals surface area contributed by atoms with Crippen molar-refractivity contribution in [1.82, 2.24) is 9.47 Å². The van der Waals surface area contributed by atoms with Gasteiger partial charge in [-0.1, -0.05) is 37.3 Å². The predicted molar refractivity (Wildman–Crippen MR) is 117 cm³/mol. The van der Waals surface area contributed by atoms with Crippen molar-refractivity contribution in [3.63, 3.8) is 0 Å². The monoisotopic (exact) mass is 408 g/mol. The van der Waals surface area contributed by atoms with Crippen LogP contribution in [0.2, 0.25) is 0 Å². The third-order valence-electron chi connectivity index (χ3n) is 4.84. The van der Waals surface area contributed by atoms with Gasteiger partial charge in [-0.2, -0.15) is 0 Å². The lowest BCUT2D eigenvalue weighted by Crippen LogP contribution is -2.35. The molecule has 0 amide bonds. The van der Waals surface area contributed by atoms with E-state index >= 15 is 0 Å². The maximum absolute atomic E-state index is 12.5. The maximum Gasteiger partial charge on any atom is 0.258 e. The number of likely N-dealkylation sites (N-methyl/N-ethyl adjacent to an activating group) is 1. The number of aliphatic hydroxyl groups is 1. The van der Waals surface area contributed by atoms with E-state index in [4.69, 9.17) is 9.47 Å². The molecule has 6 nitrogen and oxygen atoms in total. The number of hydrogen-bond acceptors (Lipinski definition) is 5. The molecule has 0 aliphatic carbocycles. The number of ether oxygens (including phenoxy) is 2. The van der Waals surface area contributed by atoms with Crippen molar-refractivity contribution in [2.24, 2.45) is 0 Å². The van der Waals surface area contributed by atoms with Crippen LogP contribution in [0.15, 0.2) is 77.7 Å². The van der Waals surface area contributed by atoms with Gasteiger partial charge in [-0.15, -0.1) is 0 Å². The molecule has 0 bridgehead atoms. The van der Waals surface area contributed by atoms with Crippen molar-refractivity contribution in [3.8, 4) is 17.2 Å². The Kier molecular flexibility index (Phi) is 7.65. The van der Waals surface area contributed by atoms with Crippen LogP contribution in [0.3, 0.4) is 0 Å². The average molecular weight is 408 g/mol. The van der Waals surface area contributed by atoms with Gasteiger partial charge in [-0.3, -0.25) is 14.3 Å². The van der Waals surface area contributed by atoms with Crippen LogP contribution in [-0.4, -0.2) is 40.5 Å². The Morgan fingerprint density at radius 1 is 1.00 bits per heavy atom. The zero-order valence-corrected chi connectivity index (χ0v) is 17.4. The summed E-state index contributed by atoms with van der Waals surface area (Å²) in [6.07, 6.45) is 1.22. The Morgan fingerprint density at radius 2 is 1.73 bits per heavy atom. The van der Waals surface area contributed by atoms with Crippen LogP contribution < -0.4 is 15.0 Å². The second-order valence-corrected chi connectivity index (χ2v) is 6.95. The van der Waals surface area contributed by atoms with Crippen molar-refractivity contribution in [3.05, 3.63) is 88.8 Å². The van der Waals surface area contributed by atoms with E-state index < -0.39 is 6.23 Å². The van der Waals surface area contributed by atoms with Crippen LogP contribution in [0.1, 0.15) is 19.4 Å². The molecular weight excluding hydrogens is 380 g/mol. The minimum absolute atomic E-state index is 0.162. The fourth-order valence-electron chi connectivity index (χ4n) is 3.10. The van der Waals surface area contributed by atoms with E-state index in [1.54, 1.807) is 23.8 Å². The van der Waals surface area contributed by atoms with E-state index in [-0.39, 0.29) is 5.56 Å². The molecule has 1 atom stereocenters. The highest BCUT2D eigenvalue weighted by atomic mass is 16.5. The van der Waals surface area contributed by atoms with E-state index in [0.29, 0.717) is 25.5 Å². The summed E-state index contributed by atoms with van der Waals surface area (Å²) in [5.74, 6) is 1.26. The molecule has 0 aliphatic heterocycles. The van der Waals surface area contributed by atoms with E-state index in [0.717, 1.165) is 23.5 Å². The Hall–Kier alpha value is -3.09. The van der Waals surface area contributed by atoms with E-state index in [9.17, 15) is 9.90 Å². The van der Waals surface area contributed by atoms with Crippen LogP contribution in [0.4, 0.5) is 0 Å². The van der Waals surface area contributed by atoms with E-state index in [1.807, 2.05) is 66.4 Å². The lowest BCUT2D eigenvalue weighted by Gasteiger charge is -2.23. The first-order valence-electron chi connectivity index (χ1n) is 10.1. The molecular formula is C24H28N2O4. The zero-order valence-electron chi connectivity index (χ0n) is 17.4. The van der Waals surface area contributed by atoms with Crippen molar-refractivity contribution in [1.29, 1.82) is 0 Å². The second-order valence-electron chi connectivity index (χ2n) is 6.95. The predicted octanol–water partition coefficient (Wildman–Crippen LogP) is 3.46. The number of pyridine rings is 1. The van der Waals surface area contributed by atoms with Gasteiger partial charge in [0, 0.05) is 24.5 Å². The largest absolute Gasteiger partial charge is 0.492 e. The molecule has 1 aromatic heterocycles. The number of hydrogen-bond donors (Lipinski definition) is 1. The first kappa shape index (κ1) is 21.6. The first-order chi connectivity index (χ1) is 14.6. The Labute approximate surface area is 176 Å². The van der Waals surface area contributed by atoms with Crippen molar-refractivity contribution in [2.45, 2.75) is 26.7 Å². The molecule has 0 saturated carbocycles. The molecule has 0 fully saturated rings. The van der Waals surface area contributed by atoms with Crippen molar-refractivity contribution < 1.29 is 14.6 Å². The van der Waals surface area contributed by atoms with Crippen molar-refractivity contribution >= 4 is 0 Å². The van der Waals surface area contributed by atoms with Crippen LogP contribution in [0, 0.1) is 0 Å². The smallest absolute Gasteiger partial charge is 0.258 e. The van der Waals surface area contributed by atoms with Gasteiger partial charge >= 0.3 is 0 Å². The first-order valence-corrected chi connectivity index (χ1v) is 10.1. The van der Waals surface area contributed by atoms with Crippen LogP contribution in [0.5, 0.6) is 11.5 Å². The fourth-order valence-corrected chi connectivity index (χ4v) is 3.10. The summed E-state index contributed by atoms with van der Waals surface area (Å²) in [5.41, 5.74) is 1.64. The van der Waals surface area contributed by atoms with Crippen LogP contribution >= 0.6 is 0 Å². The fraction of sp³-hybridized carbons (Fsp3) is 0.292. The molecule has 3 rings (SSSR count). The van der Waals surface area contributed by atoms with Gasteiger partial charge in [0.1, 0.15) is 30.9 Å². The normalized spacial score (nSPS) is 12.0. The molecule has 1 N–H and O–H groups in total. The molecule has 0 saturated heterocycles. The van der Waals surface area contributed by atoms with Gasteiger partial charge in [-0.05, 0) is 49.4 Å². The van der Waals surface area contributed by atoms with E-state index in [1.165, 1.54) is 6.07 Å². The van der Waals surface area contributed by atoms with Crippen LogP contribution in [-0.2, 0) is 6.61 Å². The molecule has 30 heavy (non-hydrogen) atoms.